The van der Waals surface area contributed by atoms with E-state index < -0.39 is 0 Å². The van der Waals surface area contributed by atoms with Gasteiger partial charge in [-0.1, -0.05) is 27.7 Å². The van der Waals surface area contributed by atoms with Crippen LogP contribution in [0.3, 0.4) is 0 Å². The lowest BCUT2D eigenvalue weighted by atomic mass is 10.0. The number of nitrogens with two attached hydrogens (primary N) is 1. The third kappa shape index (κ3) is 3.25. The number of amides is 1. The molecule has 0 aliphatic heterocycles. The van der Waals surface area contributed by atoms with Gasteiger partial charge in [-0.15, -0.1) is 11.3 Å². The fourth-order valence-corrected chi connectivity index (χ4v) is 3.02. The molecule has 1 aromatic heterocycles. The first-order valence-corrected chi connectivity index (χ1v) is 7.56. The molecule has 0 aromatic carbocycles. The molecule has 0 saturated heterocycles. The number of anilines is 1. The number of carbonyl (C=O) groups is 1. The second-order valence-corrected chi connectivity index (χ2v) is 5.79. The van der Waals surface area contributed by atoms with E-state index in [0.717, 1.165) is 37.1 Å². The molecule has 0 fully saturated rings. The van der Waals surface area contributed by atoms with Crippen LogP contribution >= 0.6 is 11.3 Å². The van der Waals surface area contributed by atoms with Gasteiger partial charge >= 0.3 is 0 Å². The number of rotatable bonds is 6. The molecule has 0 bridgehead atoms. The molecule has 0 atom stereocenters. The Kier molecular flexibility index (Phi) is 5.66. The zero-order valence-corrected chi connectivity index (χ0v) is 12.6. The summed E-state index contributed by atoms with van der Waals surface area (Å²) in [5.74, 6) is 0.434. The van der Waals surface area contributed by atoms with Gasteiger partial charge in [-0.25, -0.2) is 0 Å². The van der Waals surface area contributed by atoms with Gasteiger partial charge in [0.05, 0.1) is 10.6 Å². The van der Waals surface area contributed by atoms with Crippen LogP contribution in [-0.4, -0.2) is 23.9 Å². The van der Waals surface area contributed by atoms with Gasteiger partial charge in [-0.2, -0.15) is 0 Å². The van der Waals surface area contributed by atoms with Crippen molar-refractivity contribution in [3.8, 4) is 0 Å². The first-order valence-electron chi connectivity index (χ1n) is 6.68. The summed E-state index contributed by atoms with van der Waals surface area (Å²) in [5, 5.41) is 2.67. The second kappa shape index (κ2) is 6.78. The second-order valence-electron chi connectivity index (χ2n) is 4.88. The van der Waals surface area contributed by atoms with Gasteiger partial charge in [-0.3, -0.25) is 4.79 Å². The highest BCUT2D eigenvalue weighted by Crippen LogP contribution is 2.31. The number of hydrogen-bond acceptors (Lipinski definition) is 3. The van der Waals surface area contributed by atoms with Crippen molar-refractivity contribution in [3.63, 3.8) is 0 Å². The molecule has 0 unspecified atom stereocenters. The summed E-state index contributed by atoms with van der Waals surface area (Å²) in [6.45, 7) is 10.00. The van der Waals surface area contributed by atoms with Crippen LogP contribution in [0.4, 0.5) is 5.00 Å². The topological polar surface area (TPSA) is 46.3 Å². The van der Waals surface area contributed by atoms with E-state index in [1.165, 1.54) is 11.3 Å². The normalized spacial score (nSPS) is 10.9. The third-order valence-corrected chi connectivity index (χ3v) is 3.79. The highest BCUT2D eigenvalue weighted by Gasteiger charge is 2.23. The fraction of sp³-hybridized carbons (Fsp3) is 0.643. The van der Waals surface area contributed by atoms with Gasteiger partial charge in [0, 0.05) is 13.1 Å². The maximum atomic E-state index is 12.6. The summed E-state index contributed by atoms with van der Waals surface area (Å²) < 4.78 is 0. The average Bonchev–Trinajstić information content (AvgIpc) is 2.70. The quantitative estimate of drug-likeness (QED) is 0.854. The van der Waals surface area contributed by atoms with Crippen molar-refractivity contribution in [2.24, 2.45) is 0 Å². The maximum absolute atomic E-state index is 12.6. The van der Waals surface area contributed by atoms with Crippen molar-refractivity contribution in [2.75, 3.05) is 18.8 Å². The van der Waals surface area contributed by atoms with Gasteiger partial charge < -0.3 is 10.6 Å². The SMILES string of the molecule is CCCN(CCC)C(=O)c1c(C(C)C)csc1N. The minimum Gasteiger partial charge on any atom is -0.390 e. The summed E-state index contributed by atoms with van der Waals surface area (Å²) >= 11 is 1.47. The standard InChI is InChI=1S/C14H24N2OS/c1-5-7-16(8-6-2)14(17)12-11(10(3)4)9-18-13(12)15/h9-10H,5-8,15H2,1-4H3. The summed E-state index contributed by atoms with van der Waals surface area (Å²) in [5.41, 5.74) is 7.80. The smallest absolute Gasteiger partial charge is 0.257 e. The highest BCUT2D eigenvalue weighted by atomic mass is 32.1. The van der Waals surface area contributed by atoms with E-state index in [1.807, 2.05) is 10.3 Å². The summed E-state index contributed by atoms with van der Waals surface area (Å²) in [6, 6.07) is 0. The lowest BCUT2D eigenvalue weighted by Crippen LogP contribution is -2.33. The van der Waals surface area contributed by atoms with Gasteiger partial charge in [0.25, 0.3) is 5.91 Å². The average molecular weight is 268 g/mol. The Hall–Kier alpha value is -1.03. The van der Waals surface area contributed by atoms with E-state index in [-0.39, 0.29) is 5.91 Å². The monoisotopic (exact) mass is 268 g/mol. The zero-order valence-electron chi connectivity index (χ0n) is 11.8. The van der Waals surface area contributed by atoms with Crippen molar-refractivity contribution >= 4 is 22.2 Å². The number of nitrogens with zero attached hydrogens (tertiary/aromatic N) is 1. The first-order chi connectivity index (χ1) is 8.52. The van der Waals surface area contributed by atoms with Crippen molar-refractivity contribution in [1.29, 1.82) is 0 Å². The minimum absolute atomic E-state index is 0.0983. The van der Waals surface area contributed by atoms with Crippen molar-refractivity contribution in [3.05, 3.63) is 16.5 Å². The molecule has 1 rings (SSSR count). The van der Waals surface area contributed by atoms with Crippen molar-refractivity contribution < 1.29 is 4.79 Å². The Morgan fingerprint density at radius 1 is 1.33 bits per heavy atom. The van der Waals surface area contributed by atoms with Crippen molar-refractivity contribution in [1.82, 2.24) is 4.90 Å². The molecule has 102 valence electrons. The molecule has 4 heteroatoms. The Balaban J connectivity index is 3.03. The Morgan fingerprint density at radius 2 is 1.89 bits per heavy atom. The van der Waals surface area contributed by atoms with Crippen LogP contribution in [0, 0.1) is 0 Å². The molecule has 0 spiro atoms. The molecule has 0 aliphatic rings. The number of nitrogen functional groups attached to an aromatic ring is 1. The molecule has 1 aromatic rings. The van der Waals surface area contributed by atoms with Gasteiger partial charge in [-0.05, 0) is 29.7 Å². The zero-order chi connectivity index (χ0) is 13.7. The van der Waals surface area contributed by atoms with Crippen LogP contribution in [0.25, 0.3) is 0 Å². The number of hydrogen-bond donors (Lipinski definition) is 1. The van der Waals surface area contributed by atoms with Crippen molar-refractivity contribution in [2.45, 2.75) is 46.5 Å². The molecule has 2 N–H and O–H groups in total. The van der Waals surface area contributed by atoms with Gasteiger partial charge in [0.1, 0.15) is 0 Å². The fourth-order valence-electron chi connectivity index (χ4n) is 2.05. The maximum Gasteiger partial charge on any atom is 0.257 e. The number of thiophene rings is 1. The predicted octanol–water partition coefficient (Wildman–Crippen LogP) is 3.72. The molecule has 0 saturated carbocycles. The molecule has 1 heterocycles. The Bertz CT molecular complexity index is 392. The predicted molar refractivity (Wildman–Crippen MR) is 79.3 cm³/mol. The van der Waals surface area contributed by atoms with E-state index in [2.05, 4.69) is 27.7 Å². The van der Waals surface area contributed by atoms with E-state index in [4.69, 9.17) is 5.73 Å². The van der Waals surface area contributed by atoms with E-state index in [0.29, 0.717) is 10.9 Å². The van der Waals surface area contributed by atoms with E-state index >= 15 is 0 Å². The lowest BCUT2D eigenvalue weighted by Gasteiger charge is -2.22. The minimum atomic E-state index is 0.0983. The summed E-state index contributed by atoms with van der Waals surface area (Å²) in [6.07, 6.45) is 1.96. The van der Waals surface area contributed by atoms with Crippen LogP contribution < -0.4 is 5.73 Å². The largest absolute Gasteiger partial charge is 0.390 e. The molecule has 0 aliphatic carbocycles. The molecular weight excluding hydrogens is 244 g/mol. The summed E-state index contributed by atoms with van der Waals surface area (Å²) in [4.78, 5) is 14.5. The van der Waals surface area contributed by atoms with Gasteiger partial charge in [0.15, 0.2) is 0 Å². The molecule has 3 nitrogen and oxygen atoms in total. The van der Waals surface area contributed by atoms with Crippen LogP contribution in [0.5, 0.6) is 0 Å². The molecule has 0 radical (unpaired) electrons. The van der Waals surface area contributed by atoms with E-state index in [1.54, 1.807) is 0 Å². The Labute approximate surface area is 114 Å². The van der Waals surface area contributed by atoms with Crippen LogP contribution in [0.15, 0.2) is 5.38 Å². The molecule has 1 amide bonds. The highest BCUT2D eigenvalue weighted by molar-refractivity contribution is 7.14. The lowest BCUT2D eigenvalue weighted by molar-refractivity contribution is 0.0755. The summed E-state index contributed by atoms with van der Waals surface area (Å²) in [7, 11) is 0. The van der Waals surface area contributed by atoms with E-state index in [9.17, 15) is 4.79 Å². The molecular formula is C14H24N2OS. The first kappa shape index (κ1) is 15.0. The van der Waals surface area contributed by atoms with Crippen LogP contribution in [0.2, 0.25) is 0 Å². The number of carbonyl (C=O) groups excluding carboxylic acids is 1. The van der Waals surface area contributed by atoms with Gasteiger partial charge in [0.2, 0.25) is 0 Å². The molecule has 18 heavy (non-hydrogen) atoms. The van der Waals surface area contributed by atoms with Crippen LogP contribution in [0.1, 0.15) is 62.4 Å². The van der Waals surface area contributed by atoms with Crippen LogP contribution in [-0.2, 0) is 0 Å². The Morgan fingerprint density at radius 3 is 2.33 bits per heavy atom. The third-order valence-electron chi connectivity index (χ3n) is 2.96.